The van der Waals surface area contributed by atoms with Crippen LogP contribution in [0.1, 0.15) is 32.1 Å². The molecule has 0 saturated heterocycles. The molecule has 0 spiro atoms. The quantitative estimate of drug-likeness (QED) is 0.514. The van der Waals surface area contributed by atoms with Gasteiger partial charge in [-0.3, -0.25) is 0 Å². The molecule has 0 aromatic heterocycles. The average molecular weight is 221 g/mol. The molecule has 1 saturated carbocycles. The molecule has 1 fully saturated rings. The summed E-state index contributed by atoms with van der Waals surface area (Å²) >= 11 is 3.73. The highest BCUT2D eigenvalue weighted by molar-refractivity contribution is 9.09. The molecule has 0 aromatic rings. The smallest absolute Gasteiger partial charge is 0.0501 e. The van der Waals surface area contributed by atoms with E-state index in [0.29, 0.717) is 4.83 Å². The number of methoxy groups -OCH3 is 1. The van der Waals surface area contributed by atoms with Crippen molar-refractivity contribution >= 4 is 15.9 Å². The number of halogens is 1. The Balaban J connectivity index is 2.32. The van der Waals surface area contributed by atoms with Crippen LogP contribution in [0.15, 0.2) is 0 Å². The van der Waals surface area contributed by atoms with Crippen molar-refractivity contribution < 1.29 is 4.74 Å². The average Bonchev–Trinajstić information content (AvgIpc) is 2.18. The minimum absolute atomic E-state index is 0.699. The molecule has 0 heterocycles. The summed E-state index contributed by atoms with van der Waals surface area (Å²) in [6.45, 7) is 0.927. The van der Waals surface area contributed by atoms with Crippen LogP contribution >= 0.6 is 15.9 Å². The predicted molar refractivity (Wildman–Crippen MR) is 51.2 cm³/mol. The molecule has 0 bridgehead atoms. The summed E-state index contributed by atoms with van der Waals surface area (Å²) in [5, 5.41) is 0. The van der Waals surface area contributed by atoms with E-state index in [1.807, 2.05) is 0 Å². The SMILES string of the molecule is COCC1CCCCCC1Br. The Morgan fingerprint density at radius 1 is 1.27 bits per heavy atom. The second-order valence-corrected chi connectivity index (χ2v) is 4.55. The van der Waals surface area contributed by atoms with Gasteiger partial charge in [0.25, 0.3) is 0 Å². The summed E-state index contributed by atoms with van der Waals surface area (Å²) in [6.07, 6.45) is 6.84. The first-order valence-electron chi connectivity index (χ1n) is 4.47. The van der Waals surface area contributed by atoms with Crippen LogP contribution in [0.2, 0.25) is 0 Å². The van der Waals surface area contributed by atoms with Crippen molar-refractivity contribution in [3.63, 3.8) is 0 Å². The maximum absolute atomic E-state index is 5.18. The van der Waals surface area contributed by atoms with Gasteiger partial charge in [-0.05, 0) is 18.8 Å². The van der Waals surface area contributed by atoms with Crippen LogP contribution in [0.4, 0.5) is 0 Å². The molecule has 0 radical (unpaired) electrons. The zero-order valence-corrected chi connectivity index (χ0v) is 8.77. The molecular formula is C9H17BrO. The summed E-state index contributed by atoms with van der Waals surface area (Å²) in [7, 11) is 1.80. The molecular weight excluding hydrogens is 204 g/mol. The molecule has 2 heteroatoms. The lowest BCUT2D eigenvalue weighted by atomic mass is 10.0. The summed E-state index contributed by atoms with van der Waals surface area (Å²) in [6, 6.07) is 0. The highest BCUT2D eigenvalue weighted by Crippen LogP contribution is 2.28. The maximum Gasteiger partial charge on any atom is 0.0501 e. The van der Waals surface area contributed by atoms with E-state index in [-0.39, 0.29) is 0 Å². The largest absolute Gasteiger partial charge is 0.384 e. The zero-order valence-electron chi connectivity index (χ0n) is 7.18. The standard InChI is InChI=1S/C9H17BrO/c1-11-7-8-5-3-2-4-6-9(8)10/h8-9H,2-7H2,1H3. The van der Waals surface area contributed by atoms with Crippen molar-refractivity contribution in [2.45, 2.75) is 36.9 Å². The second-order valence-electron chi connectivity index (χ2n) is 3.37. The van der Waals surface area contributed by atoms with Crippen LogP contribution in [0.3, 0.4) is 0 Å². The topological polar surface area (TPSA) is 9.23 Å². The lowest BCUT2D eigenvalue weighted by Crippen LogP contribution is -2.17. The Hall–Kier alpha value is 0.440. The van der Waals surface area contributed by atoms with Gasteiger partial charge >= 0.3 is 0 Å². The van der Waals surface area contributed by atoms with E-state index < -0.39 is 0 Å². The fourth-order valence-corrected chi connectivity index (χ4v) is 2.48. The van der Waals surface area contributed by atoms with Gasteiger partial charge in [0.05, 0.1) is 6.61 Å². The Kier molecular flexibility index (Phi) is 4.46. The van der Waals surface area contributed by atoms with Gasteiger partial charge in [0, 0.05) is 11.9 Å². The van der Waals surface area contributed by atoms with Crippen LogP contribution in [-0.4, -0.2) is 18.5 Å². The highest BCUT2D eigenvalue weighted by Gasteiger charge is 2.20. The first-order chi connectivity index (χ1) is 5.34. The summed E-state index contributed by atoms with van der Waals surface area (Å²) < 4.78 is 5.18. The van der Waals surface area contributed by atoms with Crippen LogP contribution in [0, 0.1) is 5.92 Å². The fraction of sp³-hybridized carbons (Fsp3) is 1.00. The van der Waals surface area contributed by atoms with Crippen molar-refractivity contribution in [1.29, 1.82) is 0 Å². The number of hydrogen-bond acceptors (Lipinski definition) is 1. The molecule has 66 valence electrons. The van der Waals surface area contributed by atoms with Gasteiger partial charge in [-0.2, -0.15) is 0 Å². The van der Waals surface area contributed by atoms with Crippen LogP contribution in [0.5, 0.6) is 0 Å². The third-order valence-electron chi connectivity index (χ3n) is 2.45. The van der Waals surface area contributed by atoms with Gasteiger partial charge in [-0.1, -0.05) is 35.2 Å². The van der Waals surface area contributed by atoms with E-state index in [9.17, 15) is 0 Å². The Morgan fingerprint density at radius 2 is 2.00 bits per heavy atom. The normalized spacial score (nSPS) is 33.3. The maximum atomic E-state index is 5.18. The number of rotatable bonds is 2. The molecule has 0 aromatic carbocycles. The van der Waals surface area contributed by atoms with Crippen molar-refractivity contribution in [3.8, 4) is 0 Å². The van der Waals surface area contributed by atoms with Crippen LogP contribution in [-0.2, 0) is 4.74 Å². The van der Waals surface area contributed by atoms with E-state index in [1.165, 1.54) is 32.1 Å². The molecule has 0 N–H and O–H groups in total. The third-order valence-corrected chi connectivity index (χ3v) is 3.65. The number of ether oxygens (including phenoxy) is 1. The van der Waals surface area contributed by atoms with Crippen molar-refractivity contribution in [2.75, 3.05) is 13.7 Å². The molecule has 1 nitrogen and oxygen atoms in total. The molecule has 2 unspecified atom stereocenters. The van der Waals surface area contributed by atoms with Crippen molar-refractivity contribution in [1.82, 2.24) is 0 Å². The molecule has 1 aliphatic carbocycles. The van der Waals surface area contributed by atoms with Gasteiger partial charge in [-0.25, -0.2) is 0 Å². The Labute approximate surface area is 77.6 Å². The lowest BCUT2D eigenvalue weighted by Gasteiger charge is -2.18. The van der Waals surface area contributed by atoms with Gasteiger partial charge in [0.1, 0.15) is 0 Å². The first kappa shape index (κ1) is 9.53. The van der Waals surface area contributed by atoms with E-state index in [2.05, 4.69) is 15.9 Å². The summed E-state index contributed by atoms with van der Waals surface area (Å²) in [5.74, 6) is 0.752. The van der Waals surface area contributed by atoms with Crippen LogP contribution in [0.25, 0.3) is 0 Å². The molecule has 1 rings (SSSR count). The monoisotopic (exact) mass is 220 g/mol. The van der Waals surface area contributed by atoms with Gasteiger partial charge in [0.2, 0.25) is 0 Å². The van der Waals surface area contributed by atoms with E-state index in [4.69, 9.17) is 4.74 Å². The molecule has 0 aliphatic heterocycles. The summed E-state index contributed by atoms with van der Waals surface area (Å²) in [5.41, 5.74) is 0. The minimum Gasteiger partial charge on any atom is -0.384 e. The zero-order chi connectivity index (χ0) is 8.10. The lowest BCUT2D eigenvalue weighted by molar-refractivity contribution is 0.148. The fourth-order valence-electron chi connectivity index (χ4n) is 1.74. The second kappa shape index (κ2) is 5.15. The Morgan fingerprint density at radius 3 is 2.73 bits per heavy atom. The highest BCUT2D eigenvalue weighted by atomic mass is 79.9. The van der Waals surface area contributed by atoms with Crippen molar-refractivity contribution in [3.05, 3.63) is 0 Å². The third kappa shape index (κ3) is 3.12. The molecule has 11 heavy (non-hydrogen) atoms. The van der Waals surface area contributed by atoms with E-state index in [0.717, 1.165) is 12.5 Å². The number of alkyl halides is 1. The molecule has 0 amide bonds. The Bertz CT molecular complexity index is 106. The van der Waals surface area contributed by atoms with Crippen molar-refractivity contribution in [2.24, 2.45) is 5.92 Å². The van der Waals surface area contributed by atoms with Gasteiger partial charge < -0.3 is 4.74 Å². The molecule has 2 atom stereocenters. The predicted octanol–water partition coefficient (Wildman–Crippen LogP) is 2.98. The van der Waals surface area contributed by atoms with Gasteiger partial charge in [-0.15, -0.1) is 0 Å². The van der Waals surface area contributed by atoms with Crippen LogP contribution < -0.4 is 0 Å². The van der Waals surface area contributed by atoms with E-state index >= 15 is 0 Å². The van der Waals surface area contributed by atoms with E-state index in [1.54, 1.807) is 7.11 Å². The summed E-state index contributed by atoms with van der Waals surface area (Å²) in [4.78, 5) is 0.699. The minimum atomic E-state index is 0.699. The molecule has 1 aliphatic rings. The first-order valence-corrected chi connectivity index (χ1v) is 5.39. The van der Waals surface area contributed by atoms with Gasteiger partial charge in [0.15, 0.2) is 0 Å². The number of hydrogen-bond donors (Lipinski definition) is 0.